The summed E-state index contributed by atoms with van der Waals surface area (Å²) in [4.78, 5) is 4.31. The quantitative estimate of drug-likeness (QED) is 0.803. The minimum absolute atomic E-state index is 0.164. The standard InChI is InChI=1S/C14H18FN3/c1-17(2)11-5-4-8-18(10-11)14-7-3-6-13(15)12(14)9-16/h3,6-7,11H,4-5,8,10H2,1-2H3. The zero-order chi connectivity index (χ0) is 13.1. The molecule has 1 unspecified atom stereocenters. The van der Waals surface area contributed by atoms with Gasteiger partial charge in [-0.2, -0.15) is 5.26 Å². The molecule has 0 aliphatic carbocycles. The van der Waals surface area contributed by atoms with Gasteiger partial charge in [0.1, 0.15) is 17.4 Å². The van der Waals surface area contributed by atoms with Crippen LogP contribution < -0.4 is 4.90 Å². The second-order valence-corrected chi connectivity index (χ2v) is 4.95. The summed E-state index contributed by atoms with van der Waals surface area (Å²) in [6.07, 6.45) is 2.23. The molecule has 1 aliphatic rings. The van der Waals surface area contributed by atoms with E-state index in [-0.39, 0.29) is 5.56 Å². The highest BCUT2D eigenvalue weighted by molar-refractivity contribution is 5.60. The fourth-order valence-corrected chi connectivity index (χ4v) is 2.48. The van der Waals surface area contributed by atoms with Crippen molar-refractivity contribution in [3.63, 3.8) is 0 Å². The second kappa shape index (κ2) is 5.36. The van der Waals surface area contributed by atoms with Crippen LogP contribution in [0.5, 0.6) is 0 Å². The zero-order valence-corrected chi connectivity index (χ0v) is 10.9. The van der Waals surface area contributed by atoms with E-state index in [1.165, 1.54) is 6.07 Å². The molecule has 0 spiro atoms. The van der Waals surface area contributed by atoms with Crippen molar-refractivity contribution in [3.05, 3.63) is 29.6 Å². The molecule has 0 amide bonds. The van der Waals surface area contributed by atoms with Crippen LogP contribution in [0.3, 0.4) is 0 Å². The van der Waals surface area contributed by atoms with Crippen molar-refractivity contribution in [1.82, 2.24) is 4.90 Å². The van der Waals surface area contributed by atoms with Crippen LogP contribution in [0.15, 0.2) is 18.2 Å². The third-order valence-electron chi connectivity index (χ3n) is 3.57. The van der Waals surface area contributed by atoms with Gasteiger partial charge in [-0.25, -0.2) is 4.39 Å². The van der Waals surface area contributed by atoms with Gasteiger partial charge < -0.3 is 9.80 Å². The first kappa shape index (κ1) is 12.8. The number of halogens is 1. The molecule has 0 saturated carbocycles. The summed E-state index contributed by atoms with van der Waals surface area (Å²) in [5.41, 5.74) is 0.890. The van der Waals surface area contributed by atoms with Crippen LogP contribution in [-0.2, 0) is 0 Å². The smallest absolute Gasteiger partial charge is 0.143 e. The zero-order valence-electron chi connectivity index (χ0n) is 10.9. The van der Waals surface area contributed by atoms with Crippen molar-refractivity contribution in [2.45, 2.75) is 18.9 Å². The SMILES string of the molecule is CN(C)C1CCCN(c2cccc(F)c2C#N)C1. The lowest BCUT2D eigenvalue weighted by atomic mass is 10.0. The van der Waals surface area contributed by atoms with Gasteiger partial charge >= 0.3 is 0 Å². The average Bonchev–Trinajstić information content (AvgIpc) is 2.38. The lowest BCUT2D eigenvalue weighted by Crippen LogP contribution is -2.45. The van der Waals surface area contributed by atoms with Crippen molar-refractivity contribution in [2.75, 3.05) is 32.1 Å². The van der Waals surface area contributed by atoms with Gasteiger partial charge in [-0.1, -0.05) is 6.07 Å². The minimum Gasteiger partial charge on any atom is -0.369 e. The molecule has 0 aromatic heterocycles. The van der Waals surface area contributed by atoms with Crippen molar-refractivity contribution in [1.29, 1.82) is 5.26 Å². The molecule has 2 rings (SSSR count). The predicted molar refractivity (Wildman–Crippen MR) is 70.0 cm³/mol. The first-order valence-corrected chi connectivity index (χ1v) is 6.23. The summed E-state index contributed by atoms with van der Waals surface area (Å²) in [6.45, 7) is 1.74. The molecule has 1 fully saturated rings. The third kappa shape index (κ3) is 2.46. The molecule has 96 valence electrons. The number of likely N-dealkylation sites (N-methyl/N-ethyl adjacent to an activating group) is 1. The Bertz CT molecular complexity index is 465. The van der Waals surface area contributed by atoms with E-state index in [1.54, 1.807) is 6.07 Å². The van der Waals surface area contributed by atoms with Crippen molar-refractivity contribution in [2.24, 2.45) is 0 Å². The molecular formula is C14H18FN3. The van der Waals surface area contributed by atoms with Gasteiger partial charge in [0, 0.05) is 19.1 Å². The largest absolute Gasteiger partial charge is 0.369 e. The Morgan fingerprint density at radius 1 is 1.44 bits per heavy atom. The molecule has 1 atom stereocenters. The maximum atomic E-state index is 13.6. The average molecular weight is 247 g/mol. The molecule has 18 heavy (non-hydrogen) atoms. The lowest BCUT2D eigenvalue weighted by molar-refractivity contribution is 0.258. The number of anilines is 1. The topological polar surface area (TPSA) is 30.3 Å². The van der Waals surface area contributed by atoms with Crippen LogP contribution >= 0.6 is 0 Å². The number of hydrogen-bond donors (Lipinski definition) is 0. The van der Waals surface area contributed by atoms with Crippen molar-refractivity contribution in [3.8, 4) is 6.07 Å². The second-order valence-electron chi connectivity index (χ2n) is 4.95. The maximum absolute atomic E-state index is 13.6. The normalized spacial score (nSPS) is 19.9. The minimum atomic E-state index is -0.429. The summed E-state index contributed by atoms with van der Waals surface area (Å²) in [5, 5.41) is 9.08. The molecule has 0 N–H and O–H groups in total. The molecule has 1 saturated heterocycles. The van der Waals surface area contributed by atoms with Crippen LogP contribution in [0.1, 0.15) is 18.4 Å². The van der Waals surface area contributed by atoms with Gasteiger partial charge in [-0.3, -0.25) is 0 Å². The highest BCUT2D eigenvalue weighted by atomic mass is 19.1. The van der Waals surface area contributed by atoms with E-state index in [1.807, 2.05) is 12.1 Å². The third-order valence-corrected chi connectivity index (χ3v) is 3.57. The summed E-state index contributed by atoms with van der Waals surface area (Å²) in [6, 6.07) is 7.29. The van der Waals surface area contributed by atoms with E-state index >= 15 is 0 Å². The van der Waals surface area contributed by atoms with E-state index in [0.29, 0.717) is 6.04 Å². The van der Waals surface area contributed by atoms with E-state index in [9.17, 15) is 4.39 Å². The molecule has 1 aromatic rings. The Labute approximate surface area is 107 Å². The molecule has 0 bridgehead atoms. The molecule has 0 radical (unpaired) electrons. The van der Waals surface area contributed by atoms with E-state index < -0.39 is 5.82 Å². The Kier molecular flexibility index (Phi) is 3.83. The summed E-state index contributed by atoms with van der Waals surface area (Å²) in [7, 11) is 4.12. The molecular weight excluding hydrogens is 229 g/mol. The summed E-state index contributed by atoms with van der Waals surface area (Å²) < 4.78 is 13.6. The number of rotatable bonds is 2. The van der Waals surface area contributed by atoms with Crippen LogP contribution in [0.25, 0.3) is 0 Å². The van der Waals surface area contributed by atoms with Gasteiger partial charge in [-0.05, 0) is 39.1 Å². The van der Waals surface area contributed by atoms with Gasteiger partial charge in [0.2, 0.25) is 0 Å². The lowest BCUT2D eigenvalue weighted by Gasteiger charge is -2.37. The maximum Gasteiger partial charge on any atom is 0.143 e. The van der Waals surface area contributed by atoms with Gasteiger partial charge in [0.05, 0.1) is 5.69 Å². The van der Waals surface area contributed by atoms with Crippen LogP contribution in [0.2, 0.25) is 0 Å². The Morgan fingerprint density at radius 3 is 2.89 bits per heavy atom. The van der Waals surface area contributed by atoms with E-state index in [0.717, 1.165) is 31.6 Å². The number of nitriles is 1. The highest BCUT2D eigenvalue weighted by Gasteiger charge is 2.23. The number of nitrogens with zero attached hydrogens (tertiary/aromatic N) is 3. The molecule has 1 aliphatic heterocycles. The predicted octanol–water partition coefficient (Wildman–Crippen LogP) is 2.23. The van der Waals surface area contributed by atoms with E-state index in [2.05, 4.69) is 23.9 Å². The van der Waals surface area contributed by atoms with Crippen LogP contribution in [-0.4, -0.2) is 38.1 Å². The first-order valence-electron chi connectivity index (χ1n) is 6.23. The fourth-order valence-electron chi connectivity index (χ4n) is 2.48. The monoisotopic (exact) mass is 247 g/mol. The summed E-state index contributed by atoms with van der Waals surface area (Å²) >= 11 is 0. The van der Waals surface area contributed by atoms with Gasteiger partial charge in [0.25, 0.3) is 0 Å². The Balaban J connectivity index is 2.27. The number of hydrogen-bond acceptors (Lipinski definition) is 3. The Hall–Kier alpha value is -1.60. The molecule has 1 heterocycles. The van der Waals surface area contributed by atoms with Crippen LogP contribution in [0.4, 0.5) is 10.1 Å². The highest BCUT2D eigenvalue weighted by Crippen LogP contribution is 2.26. The number of piperidine rings is 1. The Morgan fingerprint density at radius 2 is 2.22 bits per heavy atom. The van der Waals surface area contributed by atoms with Crippen LogP contribution in [0, 0.1) is 17.1 Å². The first-order chi connectivity index (χ1) is 8.63. The van der Waals surface area contributed by atoms with Crippen molar-refractivity contribution < 1.29 is 4.39 Å². The van der Waals surface area contributed by atoms with E-state index in [4.69, 9.17) is 5.26 Å². The molecule has 1 aromatic carbocycles. The molecule has 4 heteroatoms. The van der Waals surface area contributed by atoms with Crippen molar-refractivity contribution >= 4 is 5.69 Å². The molecule has 3 nitrogen and oxygen atoms in total. The van der Waals surface area contributed by atoms with Gasteiger partial charge in [-0.15, -0.1) is 0 Å². The summed E-state index contributed by atoms with van der Waals surface area (Å²) in [5.74, 6) is -0.429. The van der Waals surface area contributed by atoms with Gasteiger partial charge in [0.15, 0.2) is 0 Å². The number of benzene rings is 1. The fraction of sp³-hybridized carbons (Fsp3) is 0.500.